The second-order valence-electron chi connectivity index (χ2n) is 3.95. The fraction of sp³-hybridized carbons (Fsp3) is 0.333. The Morgan fingerprint density at radius 1 is 1.53 bits per heavy atom. The lowest BCUT2D eigenvalue weighted by atomic mass is 10.2. The molecule has 1 unspecified atom stereocenters. The number of nitrogens with zero attached hydrogens (tertiary/aromatic N) is 1. The van der Waals surface area contributed by atoms with Crippen LogP contribution in [-0.2, 0) is 9.84 Å². The molecular formula is C12H14N2O4S. The van der Waals surface area contributed by atoms with Gasteiger partial charge in [0, 0.05) is 6.26 Å². The number of rotatable bonds is 5. The molecule has 6 nitrogen and oxygen atoms in total. The molecule has 19 heavy (non-hydrogen) atoms. The SMILES string of the molecule is C#CC(CC)Nc1cccc(S(C)(=O)=O)c1[N+](=O)[O-]. The van der Waals surface area contributed by atoms with Crippen molar-refractivity contribution in [1.29, 1.82) is 0 Å². The van der Waals surface area contributed by atoms with Gasteiger partial charge in [0.25, 0.3) is 0 Å². The van der Waals surface area contributed by atoms with Crippen LogP contribution in [0, 0.1) is 22.5 Å². The summed E-state index contributed by atoms with van der Waals surface area (Å²) in [5.41, 5.74) is -0.364. The van der Waals surface area contributed by atoms with Crippen molar-refractivity contribution < 1.29 is 13.3 Å². The molecule has 0 bridgehead atoms. The Kier molecular flexibility index (Phi) is 4.51. The number of hydrogen-bond acceptors (Lipinski definition) is 5. The standard InChI is InChI=1S/C12H14N2O4S/c1-4-9(5-2)13-10-7-6-8-11(19(3,17)18)12(10)14(15)16/h1,6-9,13H,5H2,2-3H3. The van der Waals surface area contributed by atoms with E-state index in [1.54, 1.807) is 0 Å². The van der Waals surface area contributed by atoms with Gasteiger partial charge in [-0.25, -0.2) is 8.42 Å². The minimum atomic E-state index is -3.68. The van der Waals surface area contributed by atoms with Crippen LogP contribution in [0.2, 0.25) is 0 Å². The minimum Gasteiger partial charge on any atom is -0.366 e. The second-order valence-corrected chi connectivity index (χ2v) is 5.94. The maximum absolute atomic E-state index is 11.6. The van der Waals surface area contributed by atoms with E-state index < -0.39 is 26.5 Å². The van der Waals surface area contributed by atoms with Crippen molar-refractivity contribution in [1.82, 2.24) is 0 Å². The Bertz CT molecular complexity index is 632. The average Bonchev–Trinajstić information content (AvgIpc) is 2.34. The first-order valence-electron chi connectivity index (χ1n) is 5.51. The largest absolute Gasteiger partial charge is 0.366 e. The summed E-state index contributed by atoms with van der Waals surface area (Å²) in [6.45, 7) is 1.82. The number of terminal acetylenes is 1. The summed E-state index contributed by atoms with van der Waals surface area (Å²) in [4.78, 5) is 10.1. The van der Waals surface area contributed by atoms with E-state index in [9.17, 15) is 18.5 Å². The van der Waals surface area contributed by atoms with Crippen LogP contribution in [0.1, 0.15) is 13.3 Å². The lowest BCUT2D eigenvalue weighted by molar-refractivity contribution is -0.386. The topological polar surface area (TPSA) is 89.3 Å². The van der Waals surface area contributed by atoms with Crippen molar-refractivity contribution in [2.45, 2.75) is 24.3 Å². The first kappa shape index (κ1) is 15.0. The van der Waals surface area contributed by atoms with E-state index >= 15 is 0 Å². The molecule has 0 radical (unpaired) electrons. The Hall–Kier alpha value is -2.07. The molecule has 0 saturated carbocycles. The predicted molar refractivity (Wildman–Crippen MR) is 72.7 cm³/mol. The smallest absolute Gasteiger partial charge is 0.310 e. The van der Waals surface area contributed by atoms with Crippen molar-refractivity contribution >= 4 is 21.2 Å². The zero-order chi connectivity index (χ0) is 14.6. The van der Waals surface area contributed by atoms with Crippen molar-refractivity contribution in [3.8, 4) is 12.3 Å². The van der Waals surface area contributed by atoms with E-state index in [1.165, 1.54) is 18.2 Å². The lowest BCUT2D eigenvalue weighted by Gasteiger charge is -2.13. The zero-order valence-corrected chi connectivity index (χ0v) is 11.4. The van der Waals surface area contributed by atoms with E-state index in [1.807, 2.05) is 6.92 Å². The second kappa shape index (κ2) is 5.71. The fourth-order valence-corrected chi connectivity index (χ4v) is 2.44. The highest BCUT2D eigenvalue weighted by molar-refractivity contribution is 7.90. The molecule has 0 fully saturated rings. The number of nitro benzene ring substituents is 1. The van der Waals surface area contributed by atoms with Gasteiger partial charge in [0.2, 0.25) is 0 Å². The molecule has 0 spiro atoms. The first-order valence-corrected chi connectivity index (χ1v) is 7.40. The van der Waals surface area contributed by atoms with Crippen molar-refractivity contribution in [2.24, 2.45) is 0 Å². The van der Waals surface area contributed by atoms with Crippen LogP contribution in [-0.4, -0.2) is 25.6 Å². The Labute approximate surface area is 111 Å². The van der Waals surface area contributed by atoms with Crippen molar-refractivity contribution in [2.75, 3.05) is 11.6 Å². The third kappa shape index (κ3) is 3.45. The summed E-state index contributed by atoms with van der Waals surface area (Å²) < 4.78 is 23.1. The molecule has 0 aliphatic heterocycles. The highest BCUT2D eigenvalue weighted by atomic mass is 32.2. The predicted octanol–water partition coefficient (Wildman–Crippen LogP) is 1.82. The van der Waals surface area contributed by atoms with Crippen LogP contribution in [0.5, 0.6) is 0 Å². The lowest BCUT2D eigenvalue weighted by Crippen LogP contribution is -2.17. The molecule has 0 aliphatic carbocycles. The summed E-state index contributed by atoms with van der Waals surface area (Å²) in [5, 5.41) is 13.9. The normalized spacial score (nSPS) is 12.5. The molecule has 0 saturated heterocycles. The molecular weight excluding hydrogens is 268 g/mol. The van der Waals surface area contributed by atoms with Gasteiger partial charge < -0.3 is 5.32 Å². The zero-order valence-electron chi connectivity index (χ0n) is 10.6. The van der Waals surface area contributed by atoms with E-state index in [0.717, 1.165) is 6.26 Å². The number of hydrogen-bond donors (Lipinski definition) is 1. The Morgan fingerprint density at radius 3 is 2.58 bits per heavy atom. The molecule has 0 heterocycles. The van der Waals surface area contributed by atoms with Crippen LogP contribution in [0.3, 0.4) is 0 Å². The molecule has 0 amide bonds. The molecule has 1 atom stereocenters. The summed E-state index contributed by atoms with van der Waals surface area (Å²) in [5.74, 6) is 2.44. The van der Waals surface area contributed by atoms with Gasteiger partial charge in [0.05, 0.1) is 11.0 Å². The number of benzene rings is 1. The van der Waals surface area contributed by atoms with Crippen LogP contribution in [0.25, 0.3) is 0 Å². The average molecular weight is 282 g/mol. The van der Waals surface area contributed by atoms with Gasteiger partial charge in [-0.05, 0) is 18.6 Å². The van der Waals surface area contributed by atoms with Crippen molar-refractivity contribution in [3.05, 3.63) is 28.3 Å². The van der Waals surface area contributed by atoms with E-state index in [2.05, 4.69) is 11.2 Å². The molecule has 1 aromatic rings. The maximum atomic E-state index is 11.6. The number of nitro groups is 1. The van der Waals surface area contributed by atoms with Crippen LogP contribution in [0.15, 0.2) is 23.1 Å². The summed E-state index contributed by atoms with van der Waals surface area (Å²) in [6, 6.07) is 3.69. The van der Waals surface area contributed by atoms with Crippen LogP contribution >= 0.6 is 0 Å². The van der Waals surface area contributed by atoms with Gasteiger partial charge in [-0.1, -0.05) is 18.9 Å². The molecule has 1 N–H and O–H groups in total. The van der Waals surface area contributed by atoms with Crippen LogP contribution in [0.4, 0.5) is 11.4 Å². The number of para-hydroxylation sites is 1. The molecule has 1 aromatic carbocycles. The highest BCUT2D eigenvalue weighted by Crippen LogP contribution is 2.32. The van der Waals surface area contributed by atoms with Gasteiger partial charge >= 0.3 is 5.69 Å². The Balaban J connectivity index is 3.42. The maximum Gasteiger partial charge on any atom is 0.310 e. The quantitative estimate of drug-likeness (QED) is 0.505. The monoisotopic (exact) mass is 282 g/mol. The number of anilines is 1. The van der Waals surface area contributed by atoms with Gasteiger partial charge in [-0.15, -0.1) is 6.42 Å². The van der Waals surface area contributed by atoms with Gasteiger partial charge in [0.1, 0.15) is 10.6 Å². The van der Waals surface area contributed by atoms with E-state index in [4.69, 9.17) is 6.42 Å². The van der Waals surface area contributed by atoms with Gasteiger partial charge in [0.15, 0.2) is 9.84 Å². The summed E-state index contributed by atoms with van der Waals surface area (Å²) in [6.07, 6.45) is 6.77. The van der Waals surface area contributed by atoms with E-state index in [-0.39, 0.29) is 10.6 Å². The van der Waals surface area contributed by atoms with Crippen molar-refractivity contribution in [3.63, 3.8) is 0 Å². The number of sulfone groups is 1. The van der Waals surface area contributed by atoms with E-state index in [0.29, 0.717) is 6.42 Å². The molecule has 0 aromatic heterocycles. The summed E-state index contributed by atoms with van der Waals surface area (Å²) in [7, 11) is -3.68. The molecule has 7 heteroatoms. The summed E-state index contributed by atoms with van der Waals surface area (Å²) >= 11 is 0. The van der Waals surface area contributed by atoms with Gasteiger partial charge in [-0.2, -0.15) is 0 Å². The van der Waals surface area contributed by atoms with Gasteiger partial charge in [-0.3, -0.25) is 10.1 Å². The fourth-order valence-electron chi connectivity index (χ4n) is 1.58. The molecule has 102 valence electrons. The number of nitrogens with one attached hydrogen (secondary N) is 1. The third-order valence-corrected chi connectivity index (χ3v) is 3.65. The minimum absolute atomic E-state index is 0.109. The first-order chi connectivity index (χ1) is 8.81. The highest BCUT2D eigenvalue weighted by Gasteiger charge is 2.26. The Morgan fingerprint density at radius 2 is 2.16 bits per heavy atom. The molecule has 0 aliphatic rings. The third-order valence-electron chi connectivity index (χ3n) is 2.52. The van der Waals surface area contributed by atoms with Crippen LogP contribution < -0.4 is 5.32 Å². The molecule has 1 rings (SSSR count).